The number of nitrogens with one attached hydrogen (secondary N) is 1. The van der Waals surface area contributed by atoms with E-state index in [9.17, 15) is 4.79 Å². The highest BCUT2D eigenvalue weighted by molar-refractivity contribution is 6.00. The lowest BCUT2D eigenvalue weighted by Gasteiger charge is -2.38. The zero-order valence-corrected chi connectivity index (χ0v) is 19.5. The maximum atomic E-state index is 13.3. The van der Waals surface area contributed by atoms with E-state index in [1.54, 1.807) is 6.33 Å². The first-order chi connectivity index (χ1) is 15.9. The van der Waals surface area contributed by atoms with Crippen molar-refractivity contribution >= 4 is 5.78 Å². The Hall–Kier alpha value is -2.77. The van der Waals surface area contributed by atoms with Crippen LogP contribution < -0.4 is 10.2 Å². The number of nitrogens with zero attached hydrogens (tertiary/aromatic N) is 3. The van der Waals surface area contributed by atoms with Crippen molar-refractivity contribution in [2.24, 2.45) is 5.41 Å². The van der Waals surface area contributed by atoms with E-state index in [-0.39, 0.29) is 17.1 Å². The third kappa shape index (κ3) is 4.39. The summed E-state index contributed by atoms with van der Waals surface area (Å²) in [6.45, 7) is 9.36. The fourth-order valence-electron chi connectivity index (χ4n) is 5.24. The first-order valence-electron chi connectivity index (χ1n) is 11.9. The van der Waals surface area contributed by atoms with Crippen LogP contribution in [0.3, 0.4) is 0 Å². The number of carbonyl (C=O) groups is 1. The van der Waals surface area contributed by atoms with E-state index in [2.05, 4.69) is 23.7 Å². The van der Waals surface area contributed by atoms with E-state index in [1.165, 1.54) is 0 Å². The van der Waals surface area contributed by atoms with Gasteiger partial charge >= 0.3 is 0 Å². The van der Waals surface area contributed by atoms with Crippen LogP contribution in [-0.2, 0) is 16.1 Å². The molecule has 0 bridgehead atoms. The van der Waals surface area contributed by atoms with Gasteiger partial charge in [0, 0.05) is 50.5 Å². The number of hydrogen-bond donors (Lipinski definition) is 1. The van der Waals surface area contributed by atoms with E-state index in [1.807, 2.05) is 34.9 Å². The highest BCUT2D eigenvalue weighted by Crippen LogP contribution is 2.48. The van der Waals surface area contributed by atoms with Gasteiger partial charge in [-0.3, -0.25) is 15.1 Å². The van der Waals surface area contributed by atoms with Crippen molar-refractivity contribution in [2.75, 3.05) is 32.8 Å². The Kier molecular flexibility index (Phi) is 5.93. The Balaban J connectivity index is 1.50. The lowest BCUT2D eigenvalue weighted by molar-refractivity contribution is -0.118. The number of ether oxygens (including phenoxy) is 2. The first kappa shape index (κ1) is 22.0. The van der Waals surface area contributed by atoms with E-state index < -0.39 is 0 Å². The minimum absolute atomic E-state index is 0.114. The van der Waals surface area contributed by atoms with Gasteiger partial charge in [-0.25, -0.2) is 4.98 Å². The SMILES string of the molecule is CC1(C)CC(=O)C2=C(C1)Oc1ncn(CCCN3CCOCC3)c(=N)c1[C@H]2c1ccccc1. The Morgan fingerprint density at radius 3 is 2.64 bits per heavy atom. The molecule has 33 heavy (non-hydrogen) atoms. The van der Waals surface area contributed by atoms with Gasteiger partial charge < -0.3 is 14.0 Å². The predicted octanol–water partition coefficient (Wildman–Crippen LogP) is 3.25. The van der Waals surface area contributed by atoms with Gasteiger partial charge in [-0.1, -0.05) is 44.2 Å². The molecule has 1 aliphatic carbocycles. The molecule has 1 atom stereocenters. The molecule has 5 rings (SSSR count). The number of morpholine rings is 1. The Morgan fingerprint density at radius 1 is 1.12 bits per heavy atom. The van der Waals surface area contributed by atoms with Gasteiger partial charge in [0.05, 0.1) is 18.8 Å². The smallest absolute Gasteiger partial charge is 0.228 e. The molecule has 1 aromatic heterocycles. The summed E-state index contributed by atoms with van der Waals surface area (Å²) in [7, 11) is 0. The minimum Gasteiger partial charge on any atom is -0.442 e. The summed E-state index contributed by atoms with van der Waals surface area (Å²) < 4.78 is 13.5. The molecule has 1 fully saturated rings. The summed E-state index contributed by atoms with van der Waals surface area (Å²) >= 11 is 0. The van der Waals surface area contributed by atoms with Crippen molar-refractivity contribution in [2.45, 2.75) is 45.6 Å². The number of fused-ring (bicyclic) bond motifs is 1. The molecule has 3 heterocycles. The number of aryl methyl sites for hydroxylation is 1. The van der Waals surface area contributed by atoms with Crippen LogP contribution in [0.2, 0.25) is 0 Å². The highest BCUT2D eigenvalue weighted by Gasteiger charge is 2.43. The molecule has 1 saturated heterocycles. The molecule has 2 aliphatic heterocycles. The van der Waals surface area contributed by atoms with Gasteiger partial charge in [0.15, 0.2) is 5.78 Å². The van der Waals surface area contributed by atoms with Crippen LogP contribution in [0.25, 0.3) is 0 Å². The molecule has 174 valence electrons. The molecule has 1 N–H and O–H groups in total. The second kappa shape index (κ2) is 8.88. The van der Waals surface area contributed by atoms with Gasteiger partial charge in [0.2, 0.25) is 5.88 Å². The van der Waals surface area contributed by atoms with Crippen LogP contribution >= 0.6 is 0 Å². The fourth-order valence-corrected chi connectivity index (χ4v) is 5.24. The minimum atomic E-state index is -0.319. The normalized spacial score (nSPS) is 22.5. The summed E-state index contributed by atoms with van der Waals surface area (Å²) in [5, 5.41) is 9.05. The third-order valence-corrected chi connectivity index (χ3v) is 6.87. The van der Waals surface area contributed by atoms with Crippen molar-refractivity contribution in [3.8, 4) is 5.88 Å². The van der Waals surface area contributed by atoms with E-state index in [0.717, 1.165) is 50.6 Å². The zero-order valence-electron chi connectivity index (χ0n) is 19.5. The summed E-state index contributed by atoms with van der Waals surface area (Å²) in [6, 6.07) is 10.0. The zero-order chi connectivity index (χ0) is 23.0. The van der Waals surface area contributed by atoms with Crippen molar-refractivity contribution < 1.29 is 14.3 Å². The Morgan fingerprint density at radius 2 is 1.88 bits per heavy atom. The second-order valence-corrected chi connectivity index (χ2v) is 10.0. The molecule has 0 amide bonds. The first-order valence-corrected chi connectivity index (χ1v) is 11.9. The van der Waals surface area contributed by atoms with Crippen LogP contribution in [0.4, 0.5) is 0 Å². The topological polar surface area (TPSA) is 80.4 Å². The number of rotatable bonds is 5. The average Bonchev–Trinajstić information content (AvgIpc) is 2.80. The van der Waals surface area contributed by atoms with Crippen LogP contribution in [0.1, 0.15) is 50.2 Å². The molecule has 7 nitrogen and oxygen atoms in total. The van der Waals surface area contributed by atoms with E-state index in [0.29, 0.717) is 41.9 Å². The molecule has 0 unspecified atom stereocenters. The molecule has 7 heteroatoms. The number of allylic oxidation sites excluding steroid dienone is 2. The third-order valence-electron chi connectivity index (χ3n) is 6.87. The summed E-state index contributed by atoms with van der Waals surface area (Å²) in [5.41, 5.74) is 2.63. The van der Waals surface area contributed by atoms with Crippen molar-refractivity contribution in [3.05, 3.63) is 64.6 Å². The van der Waals surface area contributed by atoms with Crippen LogP contribution in [0.5, 0.6) is 5.88 Å². The van der Waals surface area contributed by atoms with Gasteiger partial charge in [0.1, 0.15) is 17.6 Å². The molecular weight excluding hydrogens is 416 g/mol. The Labute approximate surface area is 194 Å². The van der Waals surface area contributed by atoms with Crippen molar-refractivity contribution in [1.29, 1.82) is 5.41 Å². The van der Waals surface area contributed by atoms with Gasteiger partial charge in [-0.05, 0) is 17.4 Å². The number of benzene rings is 1. The molecule has 1 aromatic carbocycles. The number of hydrogen-bond acceptors (Lipinski definition) is 6. The lowest BCUT2D eigenvalue weighted by atomic mass is 9.70. The van der Waals surface area contributed by atoms with E-state index >= 15 is 0 Å². The van der Waals surface area contributed by atoms with E-state index in [4.69, 9.17) is 14.9 Å². The maximum Gasteiger partial charge on any atom is 0.228 e. The van der Waals surface area contributed by atoms with Gasteiger partial charge in [0.25, 0.3) is 0 Å². The molecule has 0 saturated carbocycles. The van der Waals surface area contributed by atoms with Crippen molar-refractivity contribution in [1.82, 2.24) is 14.5 Å². The molecule has 0 spiro atoms. The molecule has 2 aromatic rings. The number of aromatic nitrogens is 2. The number of carbonyl (C=O) groups excluding carboxylic acids is 1. The lowest BCUT2D eigenvalue weighted by Crippen LogP contribution is -2.38. The molecular formula is C26H32N4O3. The molecule has 3 aliphatic rings. The quantitative estimate of drug-likeness (QED) is 0.760. The van der Waals surface area contributed by atoms with Crippen LogP contribution in [-0.4, -0.2) is 53.1 Å². The maximum absolute atomic E-state index is 13.3. The summed E-state index contributed by atoms with van der Waals surface area (Å²) in [4.78, 5) is 20.4. The monoisotopic (exact) mass is 448 g/mol. The summed E-state index contributed by atoms with van der Waals surface area (Å²) in [5.74, 6) is 0.972. The molecule has 0 radical (unpaired) electrons. The van der Waals surface area contributed by atoms with Crippen molar-refractivity contribution in [3.63, 3.8) is 0 Å². The highest BCUT2D eigenvalue weighted by atomic mass is 16.5. The van der Waals surface area contributed by atoms with Crippen LogP contribution in [0, 0.1) is 10.8 Å². The second-order valence-electron chi connectivity index (χ2n) is 10.0. The largest absolute Gasteiger partial charge is 0.442 e. The number of ketones is 1. The summed E-state index contributed by atoms with van der Waals surface area (Å²) in [6.07, 6.45) is 3.82. The Bertz CT molecular complexity index is 1130. The standard InChI is InChI=1S/C26H32N4O3/c1-26(2)15-19(31)22-20(16-26)33-25-23(21(22)18-7-4-3-5-8-18)24(27)30(17-28-25)10-6-9-29-11-13-32-14-12-29/h3-5,7-8,17,21,27H,6,9-16H2,1-2H3/t21-/m0/s1. The predicted molar refractivity (Wildman–Crippen MR) is 124 cm³/mol. The van der Waals surface area contributed by atoms with Crippen LogP contribution in [0.15, 0.2) is 48.0 Å². The fraction of sp³-hybridized carbons (Fsp3) is 0.500. The van der Waals surface area contributed by atoms with Gasteiger partial charge in [-0.15, -0.1) is 0 Å². The average molecular weight is 449 g/mol. The number of Topliss-reactive ketones (excluding diaryl/α,β-unsaturated/α-hetero) is 1. The van der Waals surface area contributed by atoms with Gasteiger partial charge in [-0.2, -0.15) is 0 Å².